The van der Waals surface area contributed by atoms with Crippen LogP contribution in [-0.4, -0.2) is 24.9 Å². The Morgan fingerprint density at radius 3 is 2.83 bits per heavy atom. The fourth-order valence-electron chi connectivity index (χ4n) is 4.08. The predicted molar refractivity (Wildman–Crippen MR) is 120 cm³/mol. The van der Waals surface area contributed by atoms with Crippen molar-refractivity contribution in [1.82, 2.24) is 19.2 Å². The summed E-state index contributed by atoms with van der Waals surface area (Å²) in [7, 11) is 0. The highest BCUT2D eigenvalue weighted by molar-refractivity contribution is 7.99. The average molecular weight is 423 g/mol. The number of aromatic nitrogens is 4. The molecule has 7 heteroatoms. The molecule has 5 rings (SSSR count). The number of rotatable bonds is 6. The molecule has 0 N–H and O–H groups in total. The molecule has 3 heterocycles. The van der Waals surface area contributed by atoms with Gasteiger partial charge in [-0.15, -0.1) is 28.1 Å². The van der Waals surface area contributed by atoms with E-state index >= 15 is 0 Å². The minimum absolute atomic E-state index is 0.0792. The van der Waals surface area contributed by atoms with Gasteiger partial charge in [-0.1, -0.05) is 48.2 Å². The van der Waals surface area contributed by atoms with Gasteiger partial charge < -0.3 is 0 Å². The molecule has 0 fully saturated rings. The second-order valence-corrected chi connectivity index (χ2v) is 9.37. The molecule has 0 saturated carbocycles. The van der Waals surface area contributed by atoms with Gasteiger partial charge in [0.1, 0.15) is 4.83 Å². The van der Waals surface area contributed by atoms with Gasteiger partial charge in [0.25, 0.3) is 5.56 Å². The van der Waals surface area contributed by atoms with Crippen molar-refractivity contribution >= 4 is 39.1 Å². The van der Waals surface area contributed by atoms with E-state index in [0.717, 1.165) is 46.8 Å². The summed E-state index contributed by atoms with van der Waals surface area (Å²) < 4.78 is 3.92. The summed E-state index contributed by atoms with van der Waals surface area (Å²) in [5, 5.41) is 10.6. The smallest absolute Gasteiger partial charge is 0.263 e. The summed E-state index contributed by atoms with van der Waals surface area (Å²) in [4.78, 5) is 15.9. The monoisotopic (exact) mass is 422 g/mol. The van der Waals surface area contributed by atoms with Gasteiger partial charge in [0.15, 0.2) is 5.16 Å². The number of aryl methyl sites for hydroxylation is 4. The number of benzene rings is 1. The lowest BCUT2D eigenvalue weighted by Crippen LogP contribution is -2.24. The lowest BCUT2D eigenvalue weighted by molar-refractivity contribution is 0.673. The van der Waals surface area contributed by atoms with E-state index in [9.17, 15) is 4.79 Å². The molecule has 0 spiro atoms. The first kappa shape index (κ1) is 18.6. The second kappa shape index (κ2) is 7.80. The van der Waals surface area contributed by atoms with Crippen molar-refractivity contribution < 1.29 is 0 Å². The Hall–Kier alpha value is -2.38. The van der Waals surface area contributed by atoms with Gasteiger partial charge in [-0.05, 0) is 43.2 Å². The number of fused-ring (bicyclic) bond motifs is 5. The maximum Gasteiger partial charge on any atom is 0.263 e. The van der Waals surface area contributed by atoms with Gasteiger partial charge >= 0.3 is 0 Å². The molecule has 1 aromatic carbocycles. The molecule has 0 aliphatic heterocycles. The predicted octanol–water partition coefficient (Wildman–Crippen LogP) is 4.51. The van der Waals surface area contributed by atoms with Crippen LogP contribution in [0.4, 0.5) is 0 Å². The highest BCUT2D eigenvalue weighted by atomic mass is 32.2. The first-order valence-electron chi connectivity index (χ1n) is 9.97. The van der Waals surface area contributed by atoms with Crippen molar-refractivity contribution in [2.24, 2.45) is 0 Å². The fraction of sp³-hybridized carbons (Fsp3) is 0.318. The van der Waals surface area contributed by atoms with Crippen LogP contribution in [0, 0.1) is 0 Å². The van der Waals surface area contributed by atoms with E-state index in [-0.39, 0.29) is 5.56 Å². The molecule has 4 aromatic rings. The third-order valence-corrected chi connectivity index (χ3v) is 7.67. The summed E-state index contributed by atoms with van der Waals surface area (Å²) in [5.41, 5.74) is 2.55. The molecule has 0 unspecified atom stereocenters. The zero-order chi connectivity index (χ0) is 19.8. The van der Waals surface area contributed by atoms with Crippen molar-refractivity contribution in [2.75, 3.05) is 5.75 Å². The van der Waals surface area contributed by atoms with Crippen molar-refractivity contribution in [1.29, 1.82) is 0 Å². The van der Waals surface area contributed by atoms with E-state index in [0.29, 0.717) is 12.3 Å². The second-order valence-electron chi connectivity index (χ2n) is 7.30. The van der Waals surface area contributed by atoms with Crippen LogP contribution in [0.15, 0.2) is 52.9 Å². The van der Waals surface area contributed by atoms with E-state index in [1.54, 1.807) is 23.1 Å². The summed E-state index contributed by atoms with van der Waals surface area (Å²) >= 11 is 3.36. The number of hydrogen-bond acceptors (Lipinski definition) is 5. The summed E-state index contributed by atoms with van der Waals surface area (Å²) in [5.74, 6) is 1.40. The Labute approximate surface area is 177 Å². The molecular weight excluding hydrogens is 400 g/mol. The Morgan fingerprint density at radius 1 is 1.17 bits per heavy atom. The van der Waals surface area contributed by atoms with Crippen molar-refractivity contribution in [3.63, 3.8) is 0 Å². The maximum atomic E-state index is 13.6. The average Bonchev–Trinajstić information content (AvgIpc) is 3.34. The molecule has 29 heavy (non-hydrogen) atoms. The summed E-state index contributed by atoms with van der Waals surface area (Å²) in [6.07, 6.45) is 7.07. The molecule has 0 atom stereocenters. The third kappa shape index (κ3) is 3.22. The van der Waals surface area contributed by atoms with Gasteiger partial charge in [-0.3, -0.25) is 9.36 Å². The van der Waals surface area contributed by atoms with E-state index in [1.165, 1.54) is 22.4 Å². The molecule has 1 aliphatic rings. The first-order valence-corrected chi connectivity index (χ1v) is 11.8. The standard InChI is InChI=1S/C22H22N4OS2/c1-2-14-28-22-24-23-21-25(13-12-15-8-4-3-5-9-15)19(27)18-16-10-6-7-11-17(16)29-20(18)26(21)22/h2-5,8-9H,1,6-7,10-14H2. The molecule has 5 nitrogen and oxygen atoms in total. The summed E-state index contributed by atoms with van der Waals surface area (Å²) in [6, 6.07) is 10.3. The fourth-order valence-corrected chi connectivity index (χ4v) is 6.19. The van der Waals surface area contributed by atoms with E-state index in [2.05, 4.69) is 33.3 Å². The van der Waals surface area contributed by atoms with Crippen LogP contribution in [0.25, 0.3) is 16.0 Å². The molecule has 0 radical (unpaired) electrons. The normalized spacial score (nSPS) is 13.8. The Kier molecular flexibility index (Phi) is 5.01. The van der Waals surface area contributed by atoms with Gasteiger partial charge in [-0.2, -0.15) is 0 Å². The van der Waals surface area contributed by atoms with Crippen molar-refractivity contribution in [2.45, 2.75) is 43.8 Å². The van der Waals surface area contributed by atoms with Crippen LogP contribution < -0.4 is 5.56 Å². The number of hydrogen-bond donors (Lipinski definition) is 0. The van der Waals surface area contributed by atoms with Crippen LogP contribution in [0.1, 0.15) is 28.8 Å². The molecule has 148 valence electrons. The molecule has 0 bridgehead atoms. The zero-order valence-corrected chi connectivity index (χ0v) is 17.8. The molecule has 3 aromatic heterocycles. The van der Waals surface area contributed by atoms with Crippen LogP contribution in [0.2, 0.25) is 0 Å². The Bertz CT molecular complexity index is 1250. The van der Waals surface area contributed by atoms with Gasteiger partial charge in [0.2, 0.25) is 5.78 Å². The minimum atomic E-state index is 0.0792. The molecule has 0 saturated heterocycles. The van der Waals surface area contributed by atoms with Crippen molar-refractivity contribution in [3.05, 3.63) is 69.3 Å². The molecule has 1 aliphatic carbocycles. The number of nitrogens with zero attached hydrogens (tertiary/aromatic N) is 4. The van der Waals surface area contributed by atoms with Gasteiger partial charge in [0.05, 0.1) is 5.39 Å². The third-order valence-electron chi connectivity index (χ3n) is 5.47. The topological polar surface area (TPSA) is 52.2 Å². The van der Waals surface area contributed by atoms with Crippen LogP contribution >= 0.6 is 23.1 Å². The Balaban J connectivity index is 1.72. The van der Waals surface area contributed by atoms with Crippen LogP contribution in [-0.2, 0) is 25.8 Å². The summed E-state index contributed by atoms with van der Waals surface area (Å²) in [6.45, 7) is 4.41. The van der Waals surface area contributed by atoms with Crippen LogP contribution in [0.3, 0.4) is 0 Å². The molecule has 0 amide bonds. The van der Waals surface area contributed by atoms with Crippen LogP contribution in [0.5, 0.6) is 0 Å². The number of thiophene rings is 1. The van der Waals surface area contributed by atoms with E-state index in [1.807, 2.05) is 28.8 Å². The van der Waals surface area contributed by atoms with E-state index < -0.39 is 0 Å². The zero-order valence-electron chi connectivity index (χ0n) is 16.1. The Morgan fingerprint density at radius 2 is 2.00 bits per heavy atom. The van der Waals surface area contributed by atoms with Gasteiger partial charge in [-0.25, -0.2) is 4.40 Å². The number of thioether (sulfide) groups is 1. The largest absolute Gasteiger partial charge is 0.276 e. The lowest BCUT2D eigenvalue weighted by atomic mass is 9.97. The first-order chi connectivity index (χ1) is 14.3. The maximum absolute atomic E-state index is 13.6. The van der Waals surface area contributed by atoms with Gasteiger partial charge in [0, 0.05) is 17.2 Å². The van der Waals surface area contributed by atoms with E-state index in [4.69, 9.17) is 0 Å². The molecular formula is C22H22N4OS2. The highest BCUT2D eigenvalue weighted by Crippen LogP contribution is 2.36. The highest BCUT2D eigenvalue weighted by Gasteiger charge is 2.24. The minimum Gasteiger partial charge on any atom is -0.276 e. The SMILES string of the molecule is C=CCSc1nnc2n(CCc3ccccc3)c(=O)c3c4c(sc3n12)CCCC4. The lowest BCUT2D eigenvalue weighted by Gasteiger charge is -2.12. The quantitative estimate of drug-likeness (QED) is 0.339. The van der Waals surface area contributed by atoms with Crippen molar-refractivity contribution in [3.8, 4) is 0 Å².